The number of benzene rings is 1. The molecular weight excluding hydrogens is 780 g/mol. The van der Waals surface area contributed by atoms with Gasteiger partial charge in [0, 0.05) is 22.2 Å². The van der Waals surface area contributed by atoms with E-state index in [2.05, 4.69) is 31.9 Å². The molecule has 2 saturated heterocycles. The Morgan fingerprint density at radius 1 is 0.820 bits per heavy atom. The monoisotopic (exact) mass is 820 g/mol. The number of hydrogen-bond acceptors (Lipinski definition) is 11. The fourth-order valence-electron chi connectivity index (χ4n) is 9.09. The highest BCUT2D eigenvalue weighted by Gasteiger charge is 2.78. The lowest BCUT2D eigenvalue weighted by atomic mass is 9.66. The maximum absolute atomic E-state index is 14.7. The van der Waals surface area contributed by atoms with Gasteiger partial charge in [0.25, 0.3) is 0 Å². The van der Waals surface area contributed by atoms with E-state index < -0.39 is 74.5 Å². The summed E-state index contributed by atoms with van der Waals surface area (Å²) in [6, 6.07) is 3.09. The molecule has 1 aromatic heterocycles. The van der Waals surface area contributed by atoms with E-state index in [4.69, 9.17) is 28.1 Å². The highest BCUT2D eigenvalue weighted by atomic mass is 79.9. The van der Waals surface area contributed by atoms with Crippen LogP contribution in [0.1, 0.15) is 116 Å². The van der Waals surface area contributed by atoms with Gasteiger partial charge in [-0.05, 0) is 71.9 Å². The zero-order valence-electron chi connectivity index (χ0n) is 29.7. The molecule has 1 aromatic carbocycles. The van der Waals surface area contributed by atoms with Crippen LogP contribution in [0, 0.1) is 21.7 Å². The number of hydrogen-bond donors (Lipinski definition) is 0. The van der Waals surface area contributed by atoms with E-state index in [1.165, 1.54) is 6.07 Å². The van der Waals surface area contributed by atoms with Crippen LogP contribution in [0.25, 0.3) is 11.0 Å². The van der Waals surface area contributed by atoms with E-state index in [-0.39, 0.29) is 50.7 Å². The molecule has 50 heavy (non-hydrogen) atoms. The van der Waals surface area contributed by atoms with Gasteiger partial charge in [-0.15, -0.1) is 0 Å². The van der Waals surface area contributed by atoms with Gasteiger partial charge in [-0.25, -0.2) is 9.59 Å². The first-order valence-corrected chi connectivity index (χ1v) is 19.0. The molecule has 2 aromatic rings. The molecule has 4 heterocycles. The molecule has 4 bridgehead atoms. The van der Waals surface area contributed by atoms with Gasteiger partial charge in [0.1, 0.15) is 22.7 Å². The van der Waals surface area contributed by atoms with Gasteiger partial charge in [-0.2, -0.15) is 0 Å². The molecule has 0 N–H and O–H groups in total. The average molecular weight is 823 g/mol. The summed E-state index contributed by atoms with van der Waals surface area (Å²) >= 11 is 6.99. The van der Waals surface area contributed by atoms with E-state index in [0.717, 1.165) is 0 Å². The lowest BCUT2D eigenvalue weighted by molar-refractivity contribution is -0.217. The number of ether oxygens (including phenoxy) is 5. The molecule has 2 aliphatic carbocycles. The third-order valence-corrected chi connectivity index (χ3v) is 14.6. The molecule has 7 rings (SSSR count). The lowest BCUT2D eigenvalue weighted by Crippen LogP contribution is -2.57. The van der Waals surface area contributed by atoms with Crippen LogP contribution in [0.2, 0.25) is 0 Å². The normalized spacial score (nSPS) is 36.0. The molecule has 2 saturated carbocycles. The largest absolute Gasteiger partial charge is 0.483 e. The number of carbonyl (C=O) groups excluding carboxylic acids is 4. The van der Waals surface area contributed by atoms with Crippen molar-refractivity contribution in [3.8, 4) is 5.75 Å². The summed E-state index contributed by atoms with van der Waals surface area (Å²) < 4.78 is 37.6. The predicted octanol–water partition coefficient (Wildman–Crippen LogP) is 7.05. The minimum atomic E-state index is -1.62. The summed E-state index contributed by atoms with van der Waals surface area (Å²) in [6.45, 7) is 16.1. The summed E-state index contributed by atoms with van der Waals surface area (Å²) in [5, 5.41) is 0.521. The molecule has 13 heteroatoms. The smallest absolute Gasteiger partial charge is 0.351 e. The minimum absolute atomic E-state index is 0.107. The van der Waals surface area contributed by atoms with Crippen molar-refractivity contribution in [1.82, 2.24) is 0 Å². The second-order valence-electron chi connectivity index (χ2n) is 16.6. The molecule has 4 fully saturated rings. The Morgan fingerprint density at radius 3 is 1.78 bits per heavy atom. The van der Waals surface area contributed by atoms with E-state index >= 15 is 0 Å². The van der Waals surface area contributed by atoms with Crippen molar-refractivity contribution >= 4 is 66.7 Å². The summed E-state index contributed by atoms with van der Waals surface area (Å²) in [5.41, 5.74) is -7.66. The SMILES string of the molecule is CC(Br)c1cc(=O)c2c(CBr)cc3c(c2o1)[C@@H](OC(=O)[C@@]12CC[C@@](C)(C(=O)O1)C2(C)C)[C@@H](OC(=O)[C@@]12CC[C@@](C)(C(=O)O1)C2(C)C)C(C)(C)O3. The lowest BCUT2D eigenvalue weighted by Gasteiger charge is -2.46. The third-order valence-electron chi connectivity index (χ3n) is 13.6. The van der Waals surface area contributed by atoms with E-state index in [0.29, 0.717) is 24.2 Å². The number of rotatable bonds is 6. The molecule has 0 amide bonds. The average Bonchev–Trinajstić information content (AvgIpc) is 3.49. The number of fused-ring (bicyclic) bond motifs is 7. The molecule has 0 spiro atoms. The van der Waals surface area contributed by atoms with Gasteiger partial charge < -0.3 is 28.1 Å². The Morgan fingerprint density at radius 2 is 1.34 bits per heavy atom. The zero-order valence-corrected chi connectivity index (χ0v) is 32.8. The Labute approximate surface area is 306 Å². The topological polar surface area (TPSA) is 145 Å². The van der Waals surface area contributed by atoms with Crippen molar-refractivity contribution in [2.75, 3.05) is 0 Å². The Kier molecular flexibility index (Phi) is 7.50. The molecule has 0 radical (unpaired) electrons. The van der Waals surface area contributed by atoms with Crippen LogP contribution in [0.5, 0.6) is 5.75 Å². The van der Waals surface area contributed by atoms with Crippen LogP contribution in [-0.2, 0) is 43.5 Å². The predicted molar refractivity (Wildman–Crippen MR) is 186 cm³/mol. The molecule has 5 aliphatic rings. The van der Waals surface area contributed by atoms with Crippen molar-refractivity contribution < 1.29 is 47.3 Å². The van der Waals surface area contributed by atoms with Crippen molar-refractivity contribution in [2.24, 2.45) is 21.7 Å². The van der Waals surface area contributed by atoms with E-state index in [1.54, 1.807) is 40.7 Å². The molecule has 270 valence electrons. The van der Waals surface area contributed by atoms with Gasteiger partial charge in [0.2, 0.25) is 11.2 Å². The van der Waals surface area contributed by atoms with Crippen LogP contribution in [0.15, 0.2) is 21.3 Å². The third kappa shape index (κ3) is 4.10. The first-order valence-electron chi connectivity index (χ1n) is 17.0. The highest BCUT2D eigenvalue weighted by Crippen LogP contribution is 2.67. The maximum Gasteiger partial charge on any atom is 0.351 e. The van der Waals surface area contributed by atoms with Gasteiger partial charge in [-0.1, -0.05) is 59.6 Å². The Hall–Kier alpha value is -2.93. The standard InChI is InChI=1S/C37H42Br2O11/c1-17(39)20-15-19(40)22-18(16-38)14-21-23(24(22)45-20)25(46-29(43)36-12-10-34(8,27(41)49-36)32(36,4)5)26(31(2,3)48-21)47-30(44)37-13-11-35(9,28(42)50-37)33(37,6)7/h14-15,17,25-26H,10-13,16H2,1-9H3/t17?,25-,26-,34+,35+,36-,37-/m1/s1. The fourth-order valence-corrected chi connectivity index (χ4v) is 9.76. The molecule has 11 nitrogen and oxygen atoms in total. The van der Waals surface area contributed by atoms with Crippen LogP contribution < -0.4 is 10.2 Å². The number of halogens is 2. The molecule has 1 unspecified atom stereocenters. The maximum atomic E-state index is 14.7. The highest BCUT2D eigenvalue weighted by molar-refractivity contribution is 9.09. The first kappa shape index (κ1) is 35.5. The molecular formula is C37H42Br2O11. The second kappa shape index (κ2) is 10.6. The van der Waals surface area contributed by atoms with E-state index in [9.17, 15) is 24.0 Å². The van der Waals surface area contributed by atoms with E-state index in [1.807, 2.05) is 27.7 Å². The number of alkyl halides is 2. The van der Waals surface area contributed by atoms with Crippen molar-refractivity contribution in [3.05, 3.63) is 39.2 Å². The van der Waals surface area contributed by atoms with Crippen molar-refractivity contribution in [3.63, 3.8) is 0 Å². The number of carbonyl (C=O) groups is 4. The van der Waals surface area contributed by atoms with Crippen LogP contribution in [0.3, 0.4) is 0 Å². The zero-order chi connectivity index (χ0) is 36.8. The summed E-state index contributed by atoms with van der Waals surface area (Å²) in [4.78, 5) is 68.8. The summed E-state index contributed by atoms with van der Waals surface area (Å²) in [7, 11) is 0. The first-order chi connectivity index (χ1) is 23.0. The Balaban J connectivity index is 1.42. The van der Waals surface area contributed by atoms with Crippen LogP contribution in [-0.4, -0.2) is 46.8 Å². The van der Waals surface area contributed by atoms with Crippen molar-refractivity contribution in [2.45, 2.75) is 127 Å². The molecule has 7 atom stereocenters. The fraction of sp³-hybridized carbons (Fsp3) is 0.649. The van der Waals surface area contributed by atoms with Gasteiger partial charge >= 0.3 is 23.9 Å². The van der Waals surface area contributed by atoms with Gasteiger partial charge in [0.15, 0.2) is 17.6 Å². The Bertz CT molecular complexity index is 1960. The summed E-state index contributed by atoms with van der Waals surface area (Å²) in [5.74, 6) is -1.97. The minimum Gasteiger partial charge on any atom is -0.483 e. The van der Waals surface area contributed by atoms with Gasteiger partial charge in [-0.3, -0.25) is 14.4 Å². The molecule has 3 aliphatic heterocycles. The quantitative estimate of drug-likeness (QED) is 0.168. The van der Waals surface area contributed by atoms with Crippen LogP contribution >= 0.6 is 31.9 Å². The van der Waals surface area contributed by atoms with Crippen molar-refractivity contribution in [1.29, 1.82) is 0 Å². The summed E-state index contributed by atoms with van der Waals surface area (Å²) in [6.07, 6.45) is -1.40. The number of esters is 4. The van der Waals surface area contributed by atoms with Gasteiger partial charge in [0.05, 0.1) is 26.6 Å². The van der Waals surface area contributed by atoms with Crippen LogP contribution in [0.4, 0.5) is 0 Å². The second-order valence-corrected chi connectivity index (χ2v) is 18.6.